The number of hydrogen-bond donors (Lipinski definition) is 3. The van der Waals surface area contributed by atoms with Crippen LogP contribution in [0.15, 0.2) is 48.5 Å². The van der Waals surface area contributed by atoms with E-state index in [-0.39, 0.29) is 16.9 Å². The molecule has 2 aromatic rings. The van der Waals surface area contributed by atoms with Gasteiger partial charge in [-0.25, -0.2) is 0 Å². The van der Waals surface area contributed by atoms with E-state index in [0.29, 0.717) is 35.1 Å². The number of anilines is 1. The largest absolute Gasteiger partial charge is 0.493 e. The summed E-state index contributed by atoms with van der Waals surface area (Å²) in [4.78, 5) is 24.3. The van der Waals surface area contributed by atoms with Gasteiger partial charge in [-0.1, -0.05) is 32.0 Å². The number of rotatable bonds is 6. The zero-order valence-corrected chi connectivity index (χ0v) is 16.4. The number of benzene rings is 2. The van der Waals surface area contributed by atoms with E-state index < -0.39 is 0 Å². The Kier molecular flexibility index (Phi) is 7.31. The molecular formula is C20H23N3O3S. The Hall–Kier alpha value is -2.93. The normalized spacial score (nSPS) is 10.2. The van der Waals surface area contributed by atoms with Crippen LogP contribution < -0.4 is 20.7 Å². The molecule has 0 saturated carbocycles. The Labute approximate surface area is 164 Å². The number of amides is 2. The first-order valence-electron chi connectivity index (χ1n) is 8.57. The van der Waals surface area contributed by atoms with Crippen molar-refractivity contribution < 1.29 is 14.3 Å². The highest BCUT2D eigenvalue weighted by molar-refractivity contribution is 7.80. The molecular weight excluding hydrogens is 362 g/mol. The second-order valence-electron chi connectivity index (χ2n) is 6.27. The molecule has 6 nitrogen and oxygen atoms in total. The molecule has 0 bridgehead atoms. The van der Waals surface area contributed by atoms with Gasteiger partial charge in [-0.05, 0) is 48.5 Å². The van der Waals surface area contributed by atoms with Crippen LogP contribution in [-0.2, 0) is 0 Å². The summed E-state index contributed by atoms with van der Waals surface area (Å²) in [5.74, 6) is 0.405. The monoisotopic (exact) mass is 385 g/mol. The van der Waals surface area contributed by atoms with Crippen LogP contribution in [0, 0.1) is 5.92 Å². The first-order chi connectivity index (χ1) is 12.9. The number of hydrogen-bond acceptors (Lipinski definition) is 4. The van der Waals surface area contributed by atoms with E-state index in [1.54, 1.807) is 55.6 Å². The molecule has 0 heterocycles. The summed E-state index contributed by atoms with van der Waals surface area (Å²) in [7, 11) is 1.55. The highest BCUT2D eigenvalue weighted by Crippen LogP contribution is 2.16. The molecule has 0 radical (unpaired) electrons. The van der Waals surface area contributed by atoms with Gasteiger partial charge in [-0.2, -0.15) is 0 Å². The van der Waals surface area contributed by atoms with Crippen molar-refractivity contribution in [2.45, 2.75) is 13.8 Å². The van der Waals surface area contributed by atoms with Gasteiger partial charge in [0.15, 0.2) is 5.11 Å². The molecule has 3 N–H and O–H groups in total. The molecule has 0 aromatic heterocycles. The van der Waals surface area contributed by atoms with Gasteiger partial charge in [-0.15, -0.1) is 0 Å². The van der Waals surface area contributed by atoms with Crippen molar-refractivity contribution in [3.8, 4) is 5.75 Å². The van der Waals surface area contributed by atoms with Crippen LogP contribution in [0.3, 0.4) is 0 Å². The van der Waals surface area contributed by atoms with Gasteiger partial charge < -0.3 is 15.4 Å². The standard InChI is InChI=1S/C20H23N3O3S/c1-13(2)12-26-15-8-6-7-14(11-15)18(24)23-20(27)22-17-10-5-4-9-16(17)19(25)21-3/h4-11,13H,12H2,1-3H3,(H,21,25)(H2,22,23,24,27). The van der Waals surface area contributed by atoms with Crippen molar-refractivity contribution in [2.24, 2.45) is 5.92 Å². The topological polar surface area (TPSA) is 79.5 Å². The van der Waals surface area contributed by atoms with Gasteiger partial charge in [0.25, 0.3) is 11.8 Å². The van der Waals surface area contributed by atoms with Crippen LogP contribution in [0.1, 0.15) is 34.6 Å². The lowest BCUT2D eigenvalue weighted by atomic mass is 10.1. The Morgan fingerprint density at radius 2 is 1.81 bits per heavy atom. The second-order valence-corrected chi connectivity index (χ2v) is 6.67. The first-order valence-corrected chi connectivity index (χ1v) is 8.98. The van der Waals surface area contributed by atoms with E-state index in [9.17, 15) is 9.59 Å². The van der Waals surface area contributed by atoms with Crippen LogP contribution >= 0.6 is 12.2 Å². The van der Waals surface area contributed by atoms with Crippen molar-refractivity contribution in [3.05, 3.63) is 59.7 Å². The van der Waals surface area contributed by atoms with Crippen LogP contribution in [0.5, 0.6) is 5.75 Å². The average Bonchev–Trinajstić information content (AvgIpc) is 2.66. The maximum atomic E-state index is 12.4. The molecule has 0 spiro atoms. The van der Waals surface area contributed by atoms with E-state index >= 15 is 0 Å². The van der Waals surface area contributed by atoms with E-state index in [2.05, 4.69) is 29.8 Å². The van der Waals surface area contributed by atoms with Crippen molar-refractivity contribution in [1.29, 1.82) is 0 Å². The molecule has 2 aromatic carbocycles. The van der Waals surface area contributed by atoms with Gasteiger partial charge in [0.05, 0.1) is 17.9 Å². The zero-order chi connectivity index (χ0) is 19.8. The van der Waals surface area contributed by atoms with Crippen LogP contribution in [0.2, 0.25) is 0 Å². The predicted octanol–water partition coefficient (Wildman–Crippen LogP) is 3.21. The number of para-hydroxylation sites is 1. The lowest BCUT2D eigenvalue weighted by Crippen LogP contribution is -2.34. The predicted molar refractivity (Wildman–Crippen MR) is 110 cm³/mol. The fraction of sp³-hybridized carbons (Fsp3) is 0.250. The lowest BCUT2D eigenvalue weighted by Gasteiger charge is -2.13. The minimum atomic E-state index is -0.361. The first kappa shape index (κ1) is 20.4. The highest BCUT2D eigenvalue weighted by atomic mass is 32.1. The third-order valence-electron chi connectivity index (χ3n) is 3.55. The summed E-state index contributed by atoms with van der Waals surface area (Å²) in [6, 6.07) is 13.8. The Morgan fingerprint density at radius 3 is 2.52 bits per heavy atom. The van der Waals surface area contributed by atoms with Gasteiger partial charge >= 0.3 is 0 Å². The Balaban J connectivity index is 2.03. The van der Waals surface area contributed by atoms with Gasteiger partial charge in [-0.3, -0.25) is 14.9 Å². The second kappa shape index (κ2) is 9.68. The third-order valence-corrected chi connectivity index (χ3v) is 3.76. The smallest absolute Gasteiger partial charge is 0.257 e. The van der Waals surface area contributed by atoms with Crippen LogP contribution in [0.4, 0.5) is 5.69 Å². The summed E-state index contributed by atoms with van der Waals surface area (Å²) < 4.78 is 5.64. The number of carbonyl (C=O) groups is 2. The fourth-order valence-electron chi connectivity index (χ4n) is 2.24. The summed E-state index contributed by atoms with van der Waals surface area (Å²) in [6.07, 6.45) is 0. The molecule has 142 valence electrons. The van der Waals surface area contributed by atoms with Crippen molar-refractivity contribution in [1.82, 2.24) is 10.6 Å². The fourth-order valence-corrected chi connectivity index (χ4v) is 2.45. The number of carbonyl (C=O) groups excluding carboxylic acids is 2. The molecule has 0 aliphatic rings. The van der Waals surface area contributed by atoms with Crippen LogP contribution in [-0.4, -0.2) is 30.6 Å². The molecule has 0 atom stereocenters. The zero-order valence-electron chi connectivity index (χ0n) is 15.5. The summed E-state index contributed by atoms with van der Waals surface area (Å²) in [5, 5.41) is 8.17. The van der Waals surface area contributed by atoms with E-state index in [4.69, 9.17) is 17.0 Å². The van der Waals surface area contributed by atoms with Gasteiger partial charge in [0.1, 0.15) is 5.75 Å². The highest BCUT2D eigenvalue weighted by Gasteiger charge is 2.13. The molecule has 2 rings (SSSR count). The van der Waals surface area contributed by atoms with E-state index in [0.717, 1.165) is 0 Å². The van der Waals surface area contributed by atoms with E-state index in [1.807, 2.05) is 0 Å². The van der Waals surface area contributed by atoms with Crippen molar-refractivity contribution >= 4 is 34.8 Å². The summed E-state index contributed by atoms with van der Waals surface area (Å²) in [6.45, 7) is 4.68. The molecule has 0 aliphatic carbocycles. The number of thiocarbonyl (C=S) groups is 1. The summed E-state index contributed by atoms with van der Waals surface area (Å²) in [5.41, 5.74) is 1.37. The van der Waals surface area contributed by atoms with E-state index in [1.165, 1.54) is 0 Å². The van der Waals surface area contributed by atoms with Crippen molar-refractivity contribution in [3.63, 3.8) is 0 Å². The van der Waals surface area contributed by atoms with Crippen LogP contribution in [0.25, 0.3) is 0 Å². The molecule has 7 heteroatoms. The maximum Gasteiger partial charge on any atom is 0.257 e. The molecule has 27 heavy (non-hydrogen) atoms. The SMILES string of the molecule is CNC(=O)c1ccccc1NC(=S)NC(=O)c1cccc(OCC(C)C)c1. The van der Waals surface area contributed by atoms with Crippen molar-refractivity contribution in [2.75, 3.05) is 19.0 Å². The molecule has 2 amide bonds. The quantitative estimate of drug-likeness (QED) is 0.666. The molecule has 0 saturated heterocycles. The number of nitrogens with one attached hydrogen (secondary N) is 3. The lowest BCUT2D eigenvalue weighted by molar-refractivity contribution is 0.0960. The average molecular weight is 385 g/mol. The number of ether oxygens (including phenoxy) is 1. The molecule has 0 fully saturated rings. The minimum absolute atomic E-state index is 0.102. The third kappa shape index (κ3) is 6.07. The molecule has 0 unspecified atom stereocenters. The Morgan fingerprint density at radius 1 is 1.07 bits per heavy atom. The van der Waals surface area contributed by atoms with Gasteiger partial charge in [0.2, 0.25) is 0 Å². The summed E-state index contributed by atoms with van der Waals surface area (Å²) >= 11 is 5.21. The maximum absolute atomic E-state index is 12.4. The minimum Gasteiger partial charge on any atom is -0.493 e. The Bertz CT molecular complexity index is 837. The molecule has 0 aliphatic heterocycles. The van der Waals surface area contributed by atoms with Gasteiger partial charge in [0, 0.05) is 12.6 Å².